The van der Waals surface area contributed by atoms with Crippen LogP contribution >= 0.6 is 0 Å². The first-order valence-corrected chi connectivity index (χ1v) is 5.55. The third kappa shape index (κ3) is 3.65. The molecule has 1 aromatic carbocycles. The minimum atomic E-state index is -0.759. The van der Waals surface area contributed by atoms with Gasteiger partial charge in [0.25, 0.3) is 0 Å². The Morgan fingerprint density at radius 3 is 2.71 bits per heavy atom. The number of methoxy groups -OCH3 is 1. The van der Waals surface area contributed by atoms with Crippen LogP contribution in [0.5, 0.6) is 5.75 Å². The number of para-hydroxylation sites is 2. The average molecular weight is 234 g/mol. The smallest absolute Gasteiger partial charge is 0.146 e. The second-order valence-corrected chi connectivity index (χ2v) is 3.91. The largest absolute Gasteiger partial charge is 0.495 e. The van der Waals surface area contributed by atoms with Gasteiger partial charge in [-0.15, -0.1) is 0 Å². The number of nitrogens with one attached hydrogen (secondary N) is 1. The first kappa shape index (κ1) is 13.3. The molecule has 0 spiro atoms. The molecule has 1 aromatic rings. The van der Waals surface area contributed by atoms with Crippen LogP contribution in [-0.2, 0) is 4.74 Å². The maximum absolute atomic E-state index is 9.20. The third-order valence-electron chi connectivity index (χ3n) is 2.36. The second-order valence-electron chi connectivity index (χ2n) is 3.91. The Hall–Kier alpha value is -1.73. The van der Waals surface area contributed by atoms with Gasteiger partial charge < -0.3 is 14.8 Å². The van der Waals surface area contributed by atoms with Crippen molar-refractivity contribution < 1.29 is 9.47 Å². The minimum Gasteiger partial charge on any atom is -0.495 e. The molecule has 92 valence electrons. The lowest BCUT2D eigenvalue weighted by Gasteiger charge is -2.25. The molecule has 1 N–H and O–H groups in total. The van der Waals surface area contributed by atoms with Gasteiger partial charge in [0.2, 0.25) is 0 Å². The molecule has 4 heteroatoms. The summed E-state index contributed by atoms with van der Waals surface area (Å²) in [6.07, 6.45) is 0. The Labute approximate surface area is 102 Å². The summed E-state index contributed by atoms with van der Waals surface area (Å²) in [6.45, 7) is 4.62. The zero-order valence-electron chi connectivity index (χ0n) is 10.5. The molecule has 0 amide bonds. The zero-order chi connectivity index (χ0) is 12.7. The van der Waals surface area contributed by atoms with Crippen LogP contribution in [0.1, 0.15) is 13.8 Å². The highest BCUT2D eigenvalue weighted by Gasteiger charge is 2.24. The number of ether oxygens (including phenoxy) is 2. The predicted octanol–water partition coefficient (Wildman–Crippen LogP) is 2.43. The normalized spacial score (nSPS) is 13.5. The van der Waals surface area contributed by atoms with Crippen LogP contribution in [0.25, 0.3) is 0 Å². The standard InChI is InChI=1S/C13H18N2O2/c1-4-17-10-13(2,9-14)15-11-7-5-6-8-12(11)16-3/h5-8,15H,4,10H2,1-3H3. The maximum Gasteiger partial charge on any atom is 0.146 e. The van der Waals surface area contributed by atoms with Gasteiger partial charge in [0.1, 0.15) is 11.3 Å². The van der Waals surface area contributed by atoms with Gasteiger partial charge in [0, 0.05) is 6.61 Å². The molecule has 1 rings (SSSR count). The van der Waals surface area contributed by atoms with Crippen LogP contribution < -0.4 is 10.1 Å². The van der Waals surface area contributed by atoms with Crippen molar-refractivity contribution in [2.75, 3.05) is 25.6 Å². The van der Waals surface area contributed by atoms with Crippen molar-refractivity contribution in [3.8, 4) is 11.8 Å². The number of nitriles is 1. The van der Waals surface area contributed by atoms with Crippen LogP contribution in [0.4, 0.5) is 5.69 Å². The molecule has 0 aliphatic rings. The summed E-state index contributed by atoms with van der Waals surface area (Å²) in [5.41, 5.74) is 0.0312. The maximum atomic E-state index is 9.20. The molecular weight excluding hydrogens is 216 g/mol. The lowest BCUT2D eigenvalue weighted by Crippen LogP contribution is -2.38. The van der Waals surface area contributed by atoms with Crippen molar-refractivity contribution in [1.29, 1.82) is 5.26 Å². The summed E-state index contributed by atoms with van der Waals surface area (Å²) >= 11 is 0. The highest BCUT2D eigenvalue weighted by molar-refractivity contribution is 5.58. The van der Waals surface area contributed by atoms with Crippen molar-refractivity contribution in [3.05, 3.63) is 24.3 Å². The van der Waals surface area contributed by atoms with Gasteiger partial charge in [0.05, 0.1) is 25.5 Å². The number of rotatable bonds is 6. The highest BCUT2D eigenvalue weighted by atomic mass is 16.5. The summed E-state index contributed by atoms with van der Waals surface area (Å²) in [6, 6.07) is 9.72. The van der Waals surface area contributed by atoms with Gasteiger partial charge in [-0.05, 0) is 26.0 Å². The molecule has 1 unspecified atom stereocenters. The van der Waals surface area contributed by atoms with Crippen LogP contribution in [0.3, 0.4) is 0 Å². The molecule has 0 saturated carbocycles. The van der Waals surface area contributed by atoms with E-state index in [4.69, 9.17) is 9.47 Å². The van der Waals surface area contributed by atoms with Crippen LogP contribution in [-0.4, -0.2) is 25.9 Å². The van der Waals surface area contributed by atoms with E-state index in [9.17, 15) is 5.26 Å². The van der Waals surface area contributed by atoms with Crippen molar-refractivity contribution in [2.24, 2.45) is 0 Å². The molecule has 0 saturated heterocycles. The van der Waals surface area contributed by atoms with E-state index >= 15 is 0 Å². The Kier molecular flexibility index (Phi) is 4.80. The molecule has 0 radical (unpaired) electrons. The number of benzene rings is 1. The van der Waals surface area contributed by atoms with Crippen molar-refractivity contribution >= 4 is 5.69 Å². The Balaban J connectivity index is 2.83. The predicted molar refractivity (Wildman–Crippen MR) is 67.1 cm³/mol. The molecule has 4 nitrogen and oxygen atoms in total. The topological polar surface area (TPSA) is 54.3 Å². The van der Waals surface area contributed by atoms with E-state index < -0.39 is 5.54 Å². The van der Waals surface area contributed by atoms with E-state index in [1.54, 1.807) is 14.0 Å². The van der Waals surface area contributed by atoms with Gasteiger partial charge in [-0.25, -0.2) is 0 Å². The molecule has 1 atom stereocenters. The molecule has 0 fully saturated rings. The Bertz CT molecular complexity index is 401. The molecule has 0 bridgehead atoms. The number of nitrogens with zero attached hydrogens (tertiary/aromatic N) is 1. The fraction of sp³-hybridized carbons (Fsp3) is 0.462. The summed E-state index contributed by atoms with van der Waals surface area (Å²) in [5, 5.41) is 12.4. The molecule has 0 heterocycles. The lowest BCUT2D eigenvalue weighted by atomic mass is 10.1. The van der Waals surface area contributed by atoms with Crippen molar-refractivity contribution in [3.63, 3.8) is 0 Å². The summed E-state index contributed by atoms with van der Waals surface area (Å²) in [4.78, 5) is 0. The molecule has 0 aliphatic carbocycles. The van der Waals surface area contributed by atoms with Crippen LogP contribution in [0.2, 0.25) is 0 Å². The average Bonchev–Trinajstić information content (AvgIpc) is 2.37. The van der Waals surface area contributed by atoms with E-state index in [1.165, 1.54) is 0 Å². The van der Waals surface area contributed by atoms with Gasteiger partial charge in [-0.3, -0.25) is 0 Å². The fourth-order valence-corrected chi connectivity index (χ4v) is 1.45. The van der Waals surface area contributed by atoms with Crippen LogP contribution in [0, 0.1) is 11.3 Å². The fourth-order valence-electron chi connectivity index (χ4n) is 1.45. The van der Waals surface area contributed by atoms with Crippen LogP contribution in [0.15, 0.2) is 24.3 Å². The quantitative estimate of drug-likeness (QED) is 0.821. The Morgan fingerprint density at radius 1 is 1.41 bits per heavy atom. The lowest BCUT2D eigenvalue weighted by molar-refractivity contribution is 0.125. The van der Waals surface area contributed by atoms with Crippen molar-refractivity contribution in [1.82, 2.24) is 0 Å². The van der Waals surface area contributed by atoms with E-state index in [1.807, 2.05) is 31.2 Å². The Morgan fingerprint density at radius 2 is 2.12 bits per heavy atom. The zero-order valence-corrected chi connectivity index (χ0v) is 10.5. The minimum absolute atomic E-state index is 0.331. The number of hydrogen-bond acceptors (Lipinski definition) is 4. The summed E-state index contributed by atoms with van der Waals surface area (Å²) in [7, 11) is 1.60. The SMILES string of the molecule is CCOCC(C)(C#N)Nc1ccccc1OC. The van der Waals surface area contributed by atoms with Crippen molar-refractivity contribution in [2.45, 2.75) is 19.4 Å². The third-order valence-corrected chi connectivity index (χ3v) is 2.36. The highest BCUT2D eigenvalue weighted by Crippen LogP contribution is 2.26. The van der Waals surface area contributed by atoms with Gasteiger partial charge in [0.15, 0.2) is 0 Å². The number of anilines is 1. The first-order chi connectivity index (χ1) is 8.15. The molecule has 17 heavy (non-hydrogen) atoms. The molecular formula is C13H18N2O2. The van der Waals surface area contributed by atoms with Gasteiger partial charge >= 0.3 is 0 Å². The number of hydrogen-bond donors (Lipinski definition) is 1. The summed E-state index contributed by atoms with van der Waals surface area (Å²) < 4.78 is 10.5. The van der Waals surface area contributed by atoms with E-state index in [2.05, 4.69) is 11.4 Å². The molecule has 0 aliphatic heterocycles. The molecule has 0 aromatic heterocycles. The summed E-state index contributed by atoms with van der Waals surface area (Å²) in [5.74, 6) is 0.713. The monoisotopic (exact) mass is 234 g/mol. The first-order valence-electron chi connectivity index (χ1n) is 5.55. The van der Waals surface area contributed by atoms with E-state index in [-0.39, 0.29) is 0 Å². The van der Waals surface area contributed by atoms with Gasteiger partial charge in [-0.1, -0.05) is 12.1 Å². The second kappa shape index (κ2) is 6.12. The van der Waals surface area contributed by atoms with E-state index in [0.717, 1.165) is 5.69 Å². The van der Waals surface area contributed by atoms with Gasteiger partial charge in [-0.2, -0.15) is 5.26 Å². The van der Waals surface area contributed by atoms with E-state index in [0.29, 0.717) is 19.0 Å².